The zero-order chi connectivity index (χ0) is 28.1. The molecule has 1 aromatic heterocycles. The van der Waals surface area contributed by atoms with Crippen LogP contribution in [0, 0.1) is 24.6 Å². The van der Waals surface area contributed by atoms with Crippen LogP contribution < -0.4 is 19.7 Å². The lowest BCUT2D eigenvalue weighted by Crippen LogP contribution is -2.52. The van der Waals surface area contributed by atoms with Gasteiger partial charge < -0.3 is 24.6 Å². The lowest BCUT2D eigenvalue weighted by atomic mass is 10.0. The number of rotatable bonds is 6. The Bertz CT molecular complexity index is 1370. The van der Waals surface area contributed by atoms with Crippen LogP contribution in [0.5, 0.6) is 11.5 Å². The third-order valence-corrected chi connectivity index (χ3v) is 7.69. The molecule has 2 fully saturated rings. The normalized spacial score (nSPS) is 16.8. The van der Waals surface area contributed by atoms with Gasteiger partial charge in [0, 0.05) is 69.5 Å². The summed E-state index contributed by atoms with van der Waals surface area (Å²) >= 11 is 0. The van der Waals surface area contributed by atoms with Crippen molar-refractivity contribution in [2.24, 2.45) is 0 Å². The first-order valence-corrected chi connectivity index (χ1v) is 13.7. The maximum atomic E-state index is 14.5. The molecular formula is C31H37FN6O2. The van der Waals surface area contributed by atoms with Crippen molar-refractivity contribution in [2.75, 3.05) is 70.8 Å². The molecule has 0 spiro atoms. The Morgan fingerprint density at radius 1 is 0.900 bits per heavy atom. The highest BCUT2D eigenvalue weighted by atomic mass is 19.1. The van der Waals surface area contributed by atoms with E-state index in [-0.39, 0.29) is 11.3 Å². The molecule has 210 valence electrons. The van der Waals surface area contributed by atoms with Crippen LogP contribution in [0.2, 0.25) is 0 Å². The van der Waals surface area contributed by atoms with Crippen molar-refractivity contribution in [3.63, 3.8) is 0 Å². The number of piperidine rings is 1. The van der Waals surface area contributed by atoms with E-state index >= 15 is 0 Å². The molecule has 0 amide bonds. The van der Waals surface area contributed by atoms with Crippen molar-refractivity contribution in [1.29, 1.82) is 0 Å². The molecule has 0 radical (unpaired) electrons. The third-order valence-electron chi connectivity index (χ3n) is 7.69. The molecule has 0 bridgehead atoms. The highest BCUT2D eigenvalue weighted by molar-refractivity contribution is 5.67. The molecule has 5 rings (SSSR count). The summed E-state index contributed by atoms with van der Waals surface area (Å²) < 4.78 is 25.3. The minimum atomic E-state index is -0.475. The van der Waals surface area contributed by atoms with Gasteiger partial charge in [-0.1, -0.05) is 11.8 Å². The monoisotopic (exact) mass is 544 g/mol. The highest BCUT2D eigenvalue weighted by Crippen LogP contribution is 2.34. The molecule has 9 heteroatoms. The summed E-state index contributed by atoms with van der Waals surface area (Å²) in [6, 6.07) is 10.1. The fraction of sp³-hybridized carbons (Fsp3) is 0.419. The van der Waals surface area contributed by atoms with E-state index in [9.17, 15) is 4.39 Å². The fourth-order valence-electron chi connectivity index (χ4n) is 5.38. The maximum absolute atomic E-state index is 14.5. The summed E-state index contributed by atoms with van der Waals surface area (Å²) in [6.45, 7) is 8.56. The molecule has 2 saturated heterocycles. The summed E-state index contributed by atoms with van der Waals surface area (Å²) in [6.07, 6.45) is 5.56. The molecule has 0 unspecified atom stereocenters. The van der Waals surface area contributed by atoms with Crippen LogP contribution in [-0.4, -0.2) is 86.3 Å². The SMILES string of the molecule is COc1cc(Nc2ncc(C#Cc3cc(C)cc(OC)c3F)cn2)ccc1N1CCC(N2CCN(C)CC2)CC1. The van der Waals surface area contributed by atoms with E-state index in [0.717, 1.165) is 48.9 Å². The van der Waals surface area contributed by atoms with Gasteiger partial charge in [0.05, 0.1) is 31.0 Å². The molecule has 8 nitrogen and oxygen atoms in total. The van der Waals surface area contributed by atoms with Crippen LogP contribution in [0.25, 0.3) is 0 Å². The summed E-state index contributed by atoms with van der Waals surface area (Å²) in [5.41, 5.74) is 3.67. The number of likely N-dealkylation sites (N-methyl/N-ethyl adjacent to an activating group) is 1. The molecule has 0 saturated carbocycles. The first kappa shape index (κ1) is 27.7. The van der Waals surface area contributed by atoms with Crippen LogP contribution in [-0.2, 0) is 0 Å². The topological polar surface area (TPSA) is 66.0 Å². The van der Waals surface area contributed by atoms with E-state index in [2.05, 4.69) is 54.9 Å². The first-order chi connectivity index (χ1) is 19.4. The van der Waals surface area contributed by atoms with E-state index in [1.54, 1.807) is 31.6 Å². The van der Waals surface area contributed by atoms with E-state index in [1.165, 1.54) is 33.0 Å². The van der Waals surface area contributed by atoms with Crippen molar-refractivity contribution in [3.8, 4) is 23.3 Å². The number of aryl methyl sites for hydroxylation is 1. The predicted octanol–water partition coefficient (Wildman–Crippen LogP) is 4.30. The summed E-state index contributed by atoms with van der Waals surface area (Å²) in [7, 11) is 5.35. The summed E-state index contributed by atoms with van der Waals surface area (Å²) in [4.78, 5) is 16.3. The number of halogens is 1. The number of nitrogens with one attached hydrogen (secondary N) is 1. The third kappa shape index (κ3) is 6.46. The molecule has 2 aliphatic rings. The van der Waals surface area contributed by atoms with Crippen molar-refractivity contribution in [3.05, 3.63) is 65.2 Å². The Morgan fingerprint density at radius 2 is 1.60 bits per heavy atom. The summed E-state index contributed by atoms with van der Waals surface area (Å²) in [5, 5.41) is 3.24. The van der Waals surface area contributed by atoms with Gasteiger partial charge in [-0.05, 0) is 56.6 Å². The second-order valence-electron chi connectivity index (χ2n) is 10.4. The highest BCUT2D eigenvalue weighted by Gasteiger charge is 2.27. The van der Waals surface area contributed by atoms with Crippen LogP contribution in [0.3, 0.4) is 0 Å². The van der Waals surface area contributed by atoms with Gasteiger partial charge in [-0.3, -0.25) is 4.90 Å². The van der Waals surface area contributed by atoms with Crippen molar-refractivity contribution in [1.82, 2.24) is 19.8 Å². The van der Waals surface area contributed by atoms with E-state index < -0.39 is 5.82 Å². The Morgan fingerprint density at radius 3 is 2.27 bits per heavy atom. The number of ether oxygens (including phenoxy) is 2. The number of anilines is 3. The van der Waals surface area contributed by atoms with Gasteiger partial charge in [-0.15, -0.1) is 0 Å². The molecule has 2 aliphatic heterocycles. The summed E-state index contributed by atoms with van der Waals surface area (Å²) in [5.74, 6) is 6.75. The zero-order valence-corrected chi connectivity index (χ0v) is 23.7. The quantitative estimate of drug-likeness (QED) is 0.461. The van der Waals surface area contributed by atoms with Crippen molar-refractivity contribution < 1.29 is 13.9 Å². The predicted molar refractivity (Wildman–Crippen MR) is 156 cm³/mol. The number of aromatic nitrogens is 2. The van der Waals surface area contributed by atoms with E-state index in [1.807, 2.05) is 19.1 Å². The number of methoxy groups -OCH3 is 2. The largest absolute Gasteiger partial charge is 0.495 e. The number of nitrogens with zero attached hydrogens (tertiary/aromatic N) is 5. The van der Waals surface area contributed by atoms with E-state index in [4.69, 9.17) is 9.47 Å². The molecule has 2 aromatic carbocycles. The van der Waals surface area contributed by atoms with Crippen molar-refractivity contribution in [2.45, 2.75) is 25.8 Å². The maximum Gasteiger partial charge on any atom is 0.227 e. The second-order valence-corrected chi connectivity index (χ2v) is 10.4. The van der Waals surface area contributed by atoms with Crippen LogP contribution in [0.1, 0.15) is 29.5 Å². The average molecular weight is 545 g/mol. The molecule has 3 heterocycles. The lowest BCUT2D eigenvalue weighted by molar-refractivity contribution is 0.0981. The minimum absolute atomic E-state index is 0.177. The van der Waals surface area contributed by atoms with Crippen LogP contribution in [0.15, 0.2) is 42.7 Å². The Labute approximate surface area is 236 Å². The Kier molecular flexibility index (Phi) is 8.68. The zero-order valence-electron chi connectivity index (χ0n) is 23.7. The number of hydrogen-bond acceptors (Lipinski definition) is 8. The van der Waals surface area contributed by atoms with Gasteiger partial charge in [-0.25, -0.2) is 14.4 Å². The second kappa shape index (κ2) is 12.5. The Hall–Kier alpha value is -3.87. The molecular weight excluding hydrogens is 507 g/mol. The van der Waals surface area contributed by atoms with Crippen LogP contribution >= 0.6 is 0 Å². The van der Waals surface area contributed by atoms with Crippen LogP contribution in [0.4, 0.5) is 21.7 Å². The van der Waals surface area contributed by atoms with Gasteiger partial charge >= 0.3 is 0 Å². The van der Waals surface area contributed by atoms with Gasteiger partial charge in [0.2, 0.25) is 5.95 Å². The molecule has 3 aromatic rings. The molecule has 40 heavy (non-hydrogen) atoms. The Balaban J connectivity index is 1.21. The number of piperazine rings is 1. The first-order valence-electron chi connectivity index (χ1n) is 13.7. The number of benzene rings is 2. The smallest absolute Gasteiger partial charge is 0.227 e. The molecule has 0 atom stereocenters. The van der Waals surface area contributed by atoms with Gasteiger partial charge in [0.1, 0.15) is 5.75 Å². The minimum Gasteiger partial charge on any atom is -0.495 e. The van der Waals surface area contributed by atoms with Gasteiger partial charge in [-0.2, -0.15) is 0 Å². The lowest BCUT2D eigenvalue weighted by Gasteiger charge is -2.42. The standard InChI is InChI=1S/C31H37FN6O2/c1-22-17-24(30(32)29(18-22)40-4)6-5-23-20-33-31(34-21-23)35-25-7-8-27(28(19-25)39-3)38-11-9-26(10-12-38)37-15-13-36(2)14-16-37/h7-8,17-21,26H,9-16H2,1-4H3,(H,33,34,35). The fourth-order valence-corrected chi connectivity index (χ4v) is 5.38. The van der Waals surface area contributed by atoms with Gasteiger partial charge in [0.15, 0.2) is 11.6 Å². The number of hydrogen-bond donors (Lipinski definition) is 1. The molecule has 0 aliphatic carbocycles. The van der Waals surface area contributed by atoms with Crippen molar-refractivity contribution >= 4 is 17.3 Å². The average Bonchev–Trinajstić information content (AvgIpc) is 2.98. The van der Waals surface area contributed by atoms with Gasteiger partial charge in [0.25, 0.3) is 0 Å². The molecule has 1 N–H and O–H groups in total. The van der Waals surface area contributed by atoms with E-state index in [0.29, 0.717) is 17.6 Å².